The molecule has 0 bridgehead atoms. The van der Waals surface area contributed by atoms with E-state index < -0.39 is 0 Å². The molecule has 0 atom stereocenters. The fourth-order valence-corrected chi connectivity index (χ4v) is 1.78. The molecule has 0 aliphatic carbocycles. The Morgan fingerprint density at radius 3 is 2.38 bits per heavy atom. The first-order valence-electron chi connectivity index (χ1n) is 5.32. The van der Waals surface area contributed by atoms with Gasteiger partial charge in [-0.25, -0.2) is 0 Å². The van der Waals surface area contributed by atoms with Crippen LogP contribution in [0.4, 0.5) is 0 Å². The predicted octanol–water partition coefficient (Wildman–Crippen LogP) is 3.68. The summed E-state index contributed by atoms with van der Waals surface area (Å²) in [6.45, 7) is 0.797. The minimum Gasteiger partial charge on any atom is -0.494 e. The van der Waals surface area contributed by atoms with Crippen LogP contribution in [-0.2, 0) is 0 Å². The zero-order valence-electron chi connectivity index (χ0n) is 8.97. The molecular weight excluding hydrogens is 313 g/mol. The number of hydrogen-bond acceptors (Lipinski definition) is 1. The van der Waals surface area contributed by atoms with Gasteiger partial charge in [-0.05, 0) is 42.8 Å². The number of nitrogens with zero attached hydrogens (tertiary/aromatic N) is 1. The van der Waals surface area contributed by atoms with E-state index in [1.165, 1.54) is 0 Å². The van der Waals surface area contributed by atoms with Crippen molar-refractivity contribution in [3.05, 3.63) is 48.8 Å². The summed E-state index contributed by atoms with van der Waals surface area (Å²) in [4.78, 5) is 0. The van der Waals surface area contributed by atoms with Crippen LogP contribution in [0.15, 0.2) is 48.8 Å². The average Bonchev–Trinajstić information content (AvgIpc) is 2.84. The van der Waals surface area contributed by atoms with Gasteiger partial charge in [-0.1, -0.05) is 22.6 Å². The van der Waals surface area contributed by atoms with Gasteiger partial charge in [0.15, 0.2) is 0 Å². The molecule has 0 amide bonds. The number of alkyl halides is 1. The van der Waals surface area contributed by atoms with E-state index in [4.69, 9.17) is 4.74 Å². The van der Waals surface area contributed by atoms with E-state index in [-0.39, 0.29) is 0 Å². The normalized spacial score (nSPS) is 10.3. The summed E-state index contributed by atoms with van der Waals surface area (Å²) < 4.78 is 8.82. The molecule has 0 aliphatic heterocycles. The topological polar surface area (TPSA) is 14.2 Å². The largest absolute Gasteiger partial charge is 0.494 e. The zero-order chi connectivity index (χ0) is 11.2. The summed E-state index contributed by atoms with van der Waals surface area (Å²) in [5.41, 5.74) is 1.16. The fraction of sp³-hybridized carbons (Fsp3) is 0.231. The third-order valence-electron chi connectivity index (χ3n) is 2.29. The predicted molar refractivity (Wildman–Crippen MR) is 74.8 cm³/mol. The van der Waals surface area contributed by atoms with E-state index in [2.05, 4.69) is 39.3 Å². The van der Waals surface area contributed by atoms with Crippen LogP contribution in [0.25, 0.3) is 5.69 Å². The Labute approximate surface area is 109 Å². The van der Waals surface area contributed by atoms with Gasteiger partial charge in [-0.3, -0.25) is 0 Å². The lowest BCUT2D eigenvalue weighted by atomic mass is 10.3. The minimum atomic E-state index is 0.797. The van der Waals surface area contributed by atoms with Crippen LogP contribution in [0.1, 0.15) is 6.42 Å². The second-order valence-electron chi connectivity index (χ2n) is 3.48. The number of hydrogen-bond donors (Lipinski definition) is 0. The van der Waals surface area contributed by atoms with Crippen molar-refractivity contribution in [2.45, 2.75) is 6.42 Å². The number of halogens is 1. The molecule has 0 aliphatic rings. The number of rotatable bonds is 5. The van der Waals surface area contributed by atoms with Gasteiger partial charge in [0.2, 0.25) is 0 Å². The van der Waals surface area contributed by atoms with E-state index in [9.17, 15) is 0 Å². The summed E-state index contributed by atoms with van der Waals surface area (Å²) in [5.74, 6) is 0.945. The van der Waals surface area contributed by atoms with Gasteiger partial charge in [0.25, 0.3) is 0 Å². The van der Waals surface area contributed by atoms with Crippen molar-refractivity contribution < 1.29 is 4.74 Å². The summed E-state index contributed by atoms with van der Waals surface area (Å²) in [7, 11) is 0. The Bertz CT molecular complexity index is 408. The zero-order valence-corrected chi connectivity index (χ0v) is 11.1. The van der Waals surface area contributed by atoms with Crippen LogP contribution in [0, 0.1) is 0 Å². The summed E-state index contributed by atoms with van der Waals surface area (Å²) in [5, 5.41) is 0. The summed E-state index contributed by atoms with van der Waals surface area (Å²) in [6.07, 6.45) is 5.16. The average molecular weight is 327 g/mol. The van der Waals surface area contributed by atoms with Crippen molar-refractivity contribution in [1.29, 1.82) is 0 Å². The first kappa shape index (κ1) is 11.5. The van der Waals surface area contributed by atoms with Gasteiger partial charge < -0.3 is 9.30 Å². The van der Waals surface area contributed by atoms with E-state index in [1.54, 1.807) is 0 Å². The monoisotopic (exact) mass is 327 g/mol. The Balaban J connectivity index is 2.00. The third-order valence-corrected chi connectivity index (χ3v) is 3.05. The lowest BCUT2D eigenvalue weighted by molar-refractivity contribution is 0.319. The molecule has 0 spiro atoms. The quantitative estimate of drug-likeness (QED) is 0.464. The molecule has 0 radical (unpaired) electrons. The molecule has 0 unspecified atom stereocenters. The highest BCUT2D eigenvalue weighted by Gasteiger charge is 1.96. The highest BCUT2D eigenvalue weighted by atomic mass is 127. The summed E-state index contributed by atoms with van der Waals surface area (Å²) in [6, 6.07) is 12.2. The summed E-state index contributed by atoms with van der Waals surface area (Å²) >= 11 is 2.36. The Morgan fingerprint density at radius 2 is 1.75 bits per heavy atom. The molecule has 16 heavy (non-hydrogen) atoms. The first-order chi connectivity index (χ1) is 7.90. The number of ether oxygens (including phenoxy) is 1. The Kier molecular flexibility index (Phi) is 4.27. The van der Waals surface area contributed by atoms with Crippen LogP contribution in [0.3, 0.4) is 0 Å². The van der Waals surface area contributed by atoms with Crippen LogP contribution >= 0.6 is 22.6 Å². The molecule has 3 heteroatoms. The van der Waals surface area contributed by atoms with Crippen LogP contribution in [0.2, 0.25) is 0 Å². The highest BCUT2D eigenvalue weighted by molar-refractivity contribution is 14.1. The van der Waals surface area contributed by atoms with Gasteiger partial charge >= 0.3 is 0 Å². The van der Waals surface area contributed by atoms with Crippen LogP contribution in [0.5, 0.6) is 5.75 Å². The van der Waals surface area contributed by atoms with Crippen molar-refractivity contribution >= 4 is 22.6 Å². The first-order valence-corrected chi connectivity index (χ1v) is 6.85. The molecule has 0 fully saturated rings. The lowest BCUT2D eigenvalue weighted by Crippen LogP contribution is -1.97. The fourth-order valence-electron chi connectivity index (χ4n) is 1.47. The standard InChI is InChI=1S/C13H14INO/c14-8-3-11-16-13-6-4-12(5-7-13)15-9-1-2-10-15/h1-2,4-7,9-10H,3,8,11H2. The van der Waals surface area contributed by atoms with Gasteiger partial charge in [-0.2, -0.15) is 0 Å². The van der Waals surface area contributed by atoms with E-state index in [0.717, 1.165) is 28.9 Å². The van der Waals surface area contributed by atoms with Crippen LogP contribution in [-0.4, -0.2) is 15.6 Å². The maximum atomic E-state index is 5.60. The SMILES string of the molecule is ICCCOc1ccc(-n2cccc2)cc1. The number of aromatic nitrogens is 1. The Hall–Kier alpha value is -0.970. The lowest BCUT2D eigenvalue weighted by Gasteiger charge is -2.07. The molecule has 1 aromatic heterocycles. The smallest absolute Gasteiger partial charge is 0.119 e. The van der Waals surface area contributed by atoms with E-state index >= 15 is 0 Å². The molecule has 0 N–H and O–H groups in total. The molecule has 2 aromatic rings. The molecular formula is C13H14INO. The molecule has 0 saturated carbocycles. The van der Waals surface area contributed by atoms with Crippen molar-refractivity contribution in [2.75, 3.05) is 11.0 Å². The second kappa shape index (κ2) is 5.94. The van der Waals surface area contributed by atoms with E-state index in [1.807, 2.05) is 36.7 Å². The number of benzene rings is 1. The van der Waals surface area contributed by atoms with Crippen LogP contribution < -0.4 is 4.74 Å². The maximum absolute atomic E-state index is 5.60. The van der Waals surface area contributed by atoms with E-state index in [0.29, 0.717) is 0 Å². The minimum absolute atomic E-state index is 0.797. The Morgan fingerprint density at radius 1 is 1.06 bits per heavy atom. The molecule has 2 rings (SSSR count). The van der Waals surface area contributed by atoms with Gasteiger partial charge in [0, 0.05) is 22.5 Å². The molecule has 1 aromatic carbocycles. The molecule has 2 nitrogen and oxygen atoms in total. The van der Waals surface area contributed by atoms with Crippen molar-refractivity contribution in [3.8, 4) is 11.4 Å². The second-order valence-corrected chi connectivity index (χ2v) is 4.55. The highest BCUT2D eigenvalue weighted by Crippen LogP contribution is 2.15. The van der Waals surface area contributed by atoms with Crippen molar-refractivity contribution in [2.24, 2.45) is 0 Å². The van der Waals surface area contributed by atoms with Gasteiger partial charge in [0.1, 0.15) is 5.75 Å². The van der Waals surface area contributed by atoms with Gasteiger partial charge in [0.05, 0.1) is 6.61 Å². The molecule has 1 heterocycles. The third kappa shape index (κ3) is 3.01. The molecule has 0 saturated heterocycles. The van der Waals surface area contributed by atoms with Crippen molar-refractivity contribution in [3.63, 3.8) is 0 Å². The van der Waals surface area contributed by atoms with Gasteiger partial charge in [-0.15, -0.1) is 0 Å². The maximum Gasteiger partial charge on any atom is 0.119 e. The van der Waals surface area contributed by atoms with Crippen molar-refractivity contribution in [1.82, 2.24) is 4.57 Å². The molecule has 84 valence electrons.